The first-order valence-corrected chi connectivity index (χ1v) is 5.98. The number of esters is 2. The van der Waals surface area contributed by atoms with Crippen molar-refractivity contribution in [1.29, 1.82) is 0 Å². The van der Waals surface area contributed by atoms with Gasteiger partial charge in [-0.2, -0.15) is 5.10 Å². The molecular weight excluding hydrogens is 266 g/mol. The van der Waals surface area contributed by atoms with Gasteiger partial charge >= 0.3 is 11.9 Å². The Morgan fingerprint density at radius 2 is 2.05 bits per heavy atom. The average molecular weight is 281 g/mol. The standard InChI is InChI=1S/C12H15N3O5/c1-14-10(8(5-13-14)12(18)20-3)15-6-7(4-9(15)16)11(17)19-2/h5,7H,4,6H2,1-3H3. The van der Waals surface area contributed by atoms with E-state index in [9.17, 15) is 14.4 Å². The number of rotatable bonds is 3. The van der Waals surface area contributed by atoms with Crippen LogP contribution in [0.4, 0.5) is 5.82 Å². The van der Waals surface area contributed by atoms with E-state index in [2.05, 4.69) is 14.6 Å². The largest absolute Gasteiger partial charge is 0.469 e. The first kappa shape index (κ1) is 14.0. The molecule has 0 radical (unpaired) electrons. The number of carbonyl (C=O) groups is 3. The molecule has 20 heavy (non-hydrogen) atoms. The van der Waals surface area contributed by atoms with Gasteiger partial charge in [0.1, 0.15) is 11.4 Å². The van der Waals surface area contributed by atoms with Gasteiger partial charge in [-0.3, -0.25) is 19.2 Å². The molecule has 1 aliphatic heterocycles. The van der Waals surface area contributed by atoms with Gasteiger partial charge in [0.05, 0.1) is 26.3 Å². The highest BCUT2D eigenvalue weighted by molar-refractivity contribution is 6.04. The van der Waals surface area contributed by atoms with Crippen molar-refractivity contribution in [3.8, 4) is 0 Å². The zero-order valence-corrected chi connectivity index (χ0v) is 11.5. The van der Waals surface area contributed by atoms with Crippen molar-refractivity contribution < 1.29 is 23.9 Å². The van der Waals surface area contributed by atoms with E-state index in [1.54, 1.807) is 7.05 Å². The predicted molar refractivity (Wildman–Crippen MR) is 67.0 cm³/mol. The molecular formula is C12H15N3O5. The lowest BCUT2D eigenvalue weighted by atomic mass is 10.1. The van der Waals surface area contributed by atoms with E-state index in [1.807, 2.05) is 0 Å². The normalized spacial score (nSPS) is 18.2. The number of anilines is 1. The Balaban J connectivity index is 2.33. The van der Waals surface area contributed by atoms with Crippen LogP contribution in [0.5, 0.6) is 0 Å². The third kappa shape index (κ3) is 2.24. The first-order chi connectivity index (χ1) is 9.49. The summed E-state index contributed by atoms with van der Waals surface area (Å²) in [6.45, 7) is 0.162. The summed E-state index contributed by atoms with van der Waals surface area (Å²) in [6, 6.07) is 0. The molecule has 2 rings (SSSR count). The number of carbonyl (C=O) groups excluding carboxylic acids is 3. The van der Waals surface area contributed by atoms with Crippen LogP contribution in [0.3, 0.4) is 0 Å². The molecule has 2 heterocycles. The minimum absolute atomic E-state index is 0.0540. The maximum atomic E-state index is 12.0. The summed E-state index contributed by atoms with van der Waals surface area (Å²) in [6.07, 6.45) is 1.39. The lowest BCUT2D eigenvalue weighted by Crippen LogP contribution is -2.29. The SMILES string of the molecule is COC(=O)c1cnn(C)c1N1CC(C(=O)OC)CC1=O. The lowest BCUT2D eigenvalue weighted by Gasteiger charge is -2.17. The van der Waals surface area contributed by atoms with E-state index in [0.717, 1.165) is 0 Å². The minimum Gasteiger partial charge on any atom is -0.469 e. The number of hydrogen-bond donors (Lipinski definition) is 0. The molecule has 1 aromatic heterocycles. The van der Waals surface area contributed by atoms with Crippen LogP contribution >= 0.6 is 0 Å². The van der Waals surface area contributed by atoms with Crippen LogP contribution in [0, 0.1) is 5.92 Å². The van der Waals surface area contributed by atoms with Crippen molar-refractivity contribution in [2.24, 2.45) is 13.0 Å². The first-order valence-electron chi connectivity index (χ1n) is 5.98. The molecule has 1 atom stereocenters. The Morgan fingerprint density at radius 3 is 2.65 bits per heavy atom. The number of ether oxygens (including phenoxy) is 2. The molecule has 1 saturated heterocycles. The van der Waals surface area contributed by atoms with Crippen molar-refractivity contribution in [3.05, 3.63) is 11.8 Å². The summed E-state index contributed by atoms with van der Waals surface area (Å²) in [5.74, 6) is -1.49. The van der Waals surface area contributed by atoms with Crippen LogP contribution in [0.2, 0.25) is 0 Å². The summed E-state index contributed by atoms with van der Waals surface area (Å²) < 4.78 is 10.7. The number of aryl methyl sites for hydroxylation is 1. The van der Waals surface area contributed by atoms with E-state index in [-0.39, 0.29) is 24.4 Å². The Kier molecular flexibility index (Phi) is 3.73. The van der Waals surface area contributed by atoms with Crippen LogP contribution in [-0.4, -0.2) is 48.4 Å². The van der Waals surface area contributed by atoms with Crippen molar-refractivity contribution >= 4 is 23.7 Å². The highest BCUT2D eigenvalue weighted by atomic mass is 16.5. The van der Waals surface area contributed by atoms with Gasteiger partial charge < -0.3 is 9.47 Å². The number of nitrogens with zero attached hydrogens (tertiary/aromatic N) is 3. The van der Waals surface area contributed by atoms with Crippen LogP contribution in [0.25, 0.3) is 0 Å². The average Bonchev–Trinajstić information content (AvgIpc) is 3.00. The molecule has 0 bridgehead atoms. The summed E-state index contributed by atoms with van der Waals surface area (Å²) >= 11 is 0. The van der Waals surface area contributed by atoms with Gasteiger partial charge in [0.2, 0.25) is 5.91 Å². The molecule has 1 aromatic rings. The fourth-order valence-electron chi connectivity index (χ4n) is 2.24. The third-order valence-corrected chi connectivity index (χ3v) is 3.23. The second-order valence-electron chi connectivity index (χ2n) is 4.43. The molecule has 1 fully saturated rings. The Hall–Kier alpha value is -2.38. The Labute approximate surface area is 115 Å². The zero-order chi connectivity index (χ0) is 14.9. The number of hydrogen-bond acceptors (Lipinski definition) is 6. The maximum absolute atomic E-state index is 12.0. The van der Waals surface area contributed by atoms with Gasteiger partial charge in [0, 0.05) is 20.0 Å². The number of methoxy groups -OCH3 is 2. The second kappa shape index (κ2) is 5.32. The third-order valence-electron chi connectivity index (χ3n) is 3.23. The molecule has 108 valence electrons. The number of amides is 1. The zero-order valence-electron chi connectivity index (χ0n) is 11.5. The molecule has 1 amide bonds. The van der Waals surface area contributed by atoms with E-state index in [1.165, 1.54) is 30.0 Å². The number of aromatic nitrogens is 2. The van der Waals surface area contributed by atoms with Crippen molar-refractivity contribution in [2.45, 2.75) is 6.42 Å². The fourth-order valence-corrected chi connectivity index (χ4v) is 2.24. The molecule has 8 heteroatoms. The molecule has 0 spiro atoms. The lowest BCUT2D eigenvalue weighted by molar-refractivity contribution is -0.145. The summed E-state index contributed by atoms with van der Waals surface area (Å²) in [4.78, 5) is 36.6. The van der Waals surface area contributed by atoms with Gasteiger partial charge in [-0.1, -0.05) is 0 Å². The molecule has 1 aliphatic rings. The predicted octanol–water partition coefficient (Wildman–Crippen LogP) is -0.267. The summed E-state index contributed by atoms with van der Waals surface area (Å²) in [7, 11) is 4.14. The molecule has 0 N–H and O–H groups in total. The second-order valence-corrected chi connectivity index (χ2v) is 4.43. The fraction of sp³-hybridized carbons (Fsp3) is 0.500. The highest BCUT2D eigenvalue weighted by Crippen LogP contribution is 2.28. The Morgan fingerprint density at radius 1 is 1.35 bits per heavy atom. The molecule has 0 aliphatic carbocycles. The van der Waals surface area contributed by atoms with E-state index < -0.39 is 17.9 Å². The van der Waals surface area contributed by atoms with Crippen LogP contribution in [0.1, 0.15) is 16.8 Å². The summed E-state index contributed by atoms with van der Waals surface area (Å²) in [5.41, 5.74) is 0.189. The molecule has 8 nitrogen and oxygen atoms in total. The molecule has 0 saturated carbocycles. The van der Waals surface area contributed by atoms with Crippen molar-refractivity contribution in [3.63, 3.8) is 0 Å². The van der Waals surface area contributed by atoms with Crippen LogP contribution in [0.15, 0.2) is 6.20 Å². The van der Waals surface area contributed by atoms with Gasteiger partial charge in [-0.15, -0.1) is 0 Å². The van der Waals surface area contributed by atoms with Gasteiger partial charge in [0.15, 0.2) is 0 Å². The highest BCUT2D eigenvalue weighted by Gasteiger charge is 2.38. The van der Waals surface area contributed by atoms with E-state index in [4.69, 9.17) is 0 Å². The quantitative estimate of drug-likeness (QED) is 0.708. The smallest absolute Gasteiger partial charge is 0.343 e. The van der Waals surface area contributed by atoms with Crippen molar-refractivity contribution in [1.82, 2.24) is 9.78 Å². The minimum atomic E-state index is -0.581. The topological polar surface area (TPSA) is 90.7 Å². The van der Waals surface area contributed by atoms with Gasteiger partial charge in [-0.25, -0.2) is 4.79 Å². The van der Waals surface area contributed by atoms with Crippen LogP contribution < -0.4 is 4.90 Å². The maximum Gasteiger partial charge on any atom is 0.343 e. The van der Waals surface area contributed by atoms with E-state index in [0.29, 0.717) is 5.82 Å². The monoisotopic (exact) mass is 281 g/mol. The Bertz CT molecular complexity index is 565. The van der Waals surface area contributed by atoms with E-state index >= 15 is 0 Å². The van der Waals surface area contributed by atoms with Crippen LogP contribution in [-0.2, 0) is 26.1 Å². The van der Waals surface area contributed by atoms with Gasteiger partial charge in [0.25, 0.3) is 0 Å². The van der Waals surface area contributed by atoms with Crippen molar-refractivity contribution in [2.75, 3.05) is 25.7 Å². The van der Waals surface area contributed by atoms with Gasteiger partial charge in [-0.05, 0) is 0 Å². The summed E-state index contributed by atoms with van der Waals surface area (Å²) in [5, 5.41) is 3.96. The molecule has 0 aromatic carbocycles. The molecule has 1 unspecified atom stereocenters.